The van der Waals surface area contributed by atoms with Gasteiger partial charge in [-0.2, -0.15) is 0 Å². The molecule has 4 heteroatoms. The summed E-state index contributed by atoms with van der Waals surface area (Å²) in [6, 6.07) is 7.70. The van der Waals surface area contributed by atoms with Crippen LogP contribution in [-0.2, 0) is 0 Å². The van der Waals surface area contributed by atoms with Gasteiger partial charge in [-0.15, -0.1) is 0 Å². The van der Waals surface area contributed by atoms with Crippen LogP contribution >= 0.6 is 22.6 Å². The maximum absolute atomic E-state index is 12.1. The molecule has 0 saturated carbocycles. The van der Waals surface area contributed by atoms with E-state index in [-0.39, 0.29) is 5.91 Å². The van der Waals surface area contributed by atoms with Gasteiger partial charge in [0.15, 0.2) is 0 Å². The lowest BCUT2D eigenvalue weighted by Gasteiger charge is -2.34. The molecule has 0 spiro atoms. The van der Waals surface area contributed by atoms with Crippen molar-refractivity contribution < 1.29 is 4.79 Å². The average Bonchev–Trinajstić information content (AvgIpc) is 2.38. The van der Waals surface area contributed by atoms with Gasteiger partial charge in [0.25, 0.3) is 5.91 Å². The van der Waals surface area contributed by atoms with E-state index in [0.717, 1.165) is 47.1 Å². The second-order valence-electron chi connectivity index (χ2n) is 5.94. The molecular weight excluding hydrogens is 363 g/mol. The van der Waals surface area contributed by atoms with E-state index in [1.54, 1.807) is 0 Å². The second-order valence-corrected chi connectivity index (χ2v) is 7.10. The maximum Gasteiger partial charge on any atom is 0.252 e. The van der Waals surface area contributed by atoms with Crippen molar-refractivity contribution in [2.75, 3.05) is 26.2 Å². The summed E-state index contributed by atoms with van der Waals surface area (Å²) in [4.78, 5) is 14.6. The zero-order valence-electron chi connectivity index (χ0n) is 12.2. The lowest BCUT2D eigenvalue weighted by atomic mass is 9.92. The van der Waals surface area contributed by atoms with Crippen LogP contribution in [0.3, 0.4) is 0 Å². The summed E-state index contributed by atoms with van der Waals surface area (Å²) < 4.78 is 1.00. The molecule has 0 aliphatic carbocycles. The van der Waals surface area contributed by atoms with E-state index in [9.17, 15) is 4.79 Å². The topological polar surface area (TPSA) is 32.3 Å². The van der Waals surface area contributed by atoms with E-state index in [1.807, 2.05) is 24.3 Å². The van der Waals surface area contributed by atoms with Crippen molar-refractivity contribution in [1.29, 1.82) is 0 Å². The SMILES string of the molecule is CC1CC(C)CN(CCNC(=O)c2ccccc2I)C1. The molecular formula is C16H23IN2O. The van der Waals surface area contributed by atoms with Gasteiger partial charge in [0, 0.05) is 29.7 Å². The van der Waals surface area contributed by atoms with Gasteiger partial charge < -0.3 is 10.2 Å². The van der Waals surface area contributed by atoms with Crippen LogP contribution in [0.25, 0.3) is 0 Å². The Morgan fingerprint density at radius 2 is 1.95 bits per heavy atom. The summed E-state index contributed by atoms with van der Waals surface area (Å²) >= 11 is 2.20. The first-order valence-corrected chi connectivity index (χ1v) is 8.39. The average molecular weight is 386 g/mol. The number of halogens is 1. The first kappa shape index (κ1) is 15.8. The van der Waals surface area contributed by atoms with Gasteiger partial charge >= 0.3 is 0 Å². The Hall–Kier alpha value is -0.620. The number of hydrogen-bond acceptors (Lipinski definition) is 2. The molecule has 2 unspecified atom stereocenters. The van der Waals surface area contributed by atoms with E-state index in [4.69, 9.17) is 0 Å². The van der Waals surface area contributed by atoms with Crippen molar-refractivity contribution >= 4 is 28.5 Å². The summed E-state index contributed by atoms with van der Waals surface area (Å²) in [7, 11) is 0. The number of amides is 1. The van der Waals surface area contributed by atoms with E-state index >= 15 is 0 Å². The van der Waals surface area contributed by atoms with Crippen molar-refractivity contribution in [3.8, 4) is 0 Å². The Labute approximate surface area is 135 Å². The molecule has 3 nitrogen and oxygen atoms in total. The molecule has 1 N–H and O–H groups in total. The first-order chi connectivity index (χ1) is 9.56. The predicted octanol–water partition coefficient (Wildman–Crippen LogP) is 3.00. The van der Waals surface area contributed by atoms with Crippen LogP contribution < -0.4 is 5.32 Å². The highest BCUT2D eigenvalue weighted by Gasteiger charge is 2.21. The van der Waals surface area contributed by atoms with E-state index in [2.05, 4.69) is 46.7 Å². The third-order valence-corrected chi connectivity index (χ3v) is 4.72. The number of carbonyl (C=O) groups excluding carboxylic acids is 1. The van der Waals surface area contributed by atoms with Gasteiger partial charge in [0.1, 0.15) is 0 Å². The summed E-state index contributed by atoms with van der Waals surface area (Å²) in [6.07, 6.45) is 1.32. The van der Waals surface area contributed by atoms with Gasteiger partial charge in [-0.3, -0.25) is 4.79 Å². The third-order valence-electron chi connectivity index (χ3n) is 3.78. The van der Waals surface area contributed by atoms with Crippen LogP contribution in [0.4, 0.5) is 0 Å². The van der Waals surface area contributed by atoms with Gasteiger partial charge in [0.05, 0.1) is 5.56 Å². The van der Waals surface area contributed by atoms with Crippen molar-refractivity contribution in [3.05, 3.63) is 33.4 Å². The standard InChI is InChI=1S/C16H23IN2O/c1-12-9-13(2)11-19(10-12)8-7-18-16(20)14-5-3-4-6-15(14)17/h3-6,12-13H,7-11H2,1-2H3,(H,18,20). The molecule has 0 aromatic heterocycles. The van der Waals surface area contributed by atoms with E-state index in [1.165, 1.54) is 6.42 Å². The van der Waals surface area contributed by atoms with Crippen molar-refractivity contribution in [2.45, 2.75) is 20.3 Å². The first-order valence-electron chi connectivity index (χ1n) is 7.31. The molecule has 1 fully saturated rings. The quantitative estimate of drug-likeness (QED) is 0.807. The molecule has 20 heavy (non-hydrogen) atoms. The molecule has 0 radical (unpaired) electrons. The van der Waals surface area contributed by atoms with Crippen LogP contribution in [-0.4, -0.2) is 37.0 Å². The Balaban J connectivity index is 1.78. The largest absolute Gasteiger partial charge is 0.351 e. The number of rotatable bonds is 4. The molecule has 1 heterocycles. The van der Waals surface area contributed by atoms with Crippen molar-refractivity contribution in [1.82, 2.24) is 10.2 Å². The zero-order chi connectivity index (χ0) is 14.5. The Morgan fingerprint density at radius 3 is 2.60 bits per heavy atom. The number of benzene rings is 1. The van der Waals surface area contributed by atoms with Crippen molar-refractivity contribution in [2.24, 2.45) is 11.8 Å². The highest BCUT2D eigenvalue weighted by atomic mass is 127. The van der Waals surface area contributed by atoms with Crippen LogP contribution in [0.5, 0.6) is 0 Å². The second kappa shape index (κ2) is 7.41. The van der Waals surface area contributed by atoms with Gasteiger partial charge in [-0.25, -0.2) is 0 Å². The highest BCUT2D eigenvalue weighted by molar-refractivity contribution is 14.1. The summed E-state index contributed by atoms with van der Waals surface area (Å²) in [5.41, 5.74) is 0.772. The Morgan fingerprint density at radius 1 is 1.30 bits per heavy atom. The third kappa shape index (κ3) is 4.45. The zero-order valence-corrected chi connectivity index (χ0v) is 14.4. The molecule has 2 atom stereocenters. The van der Waals surface area contributed by atoms with Crippen LogP contribution in [0.2, 0.25) is 0 Å². The van der Waals surface area contributed by atoms with E-state index < -0.39 is 0 Å². The van der Waals surface area contributed by atoms with Crippen LogP contribution in [0.15, 0.2) is 24.3 Å². The summed E-state index contributed by atoms with van der Waals surface area (Å²) in [5, 5.41) is 3.03. The molecule has 1 amide bonds. The fraction of sp³-hybridized carbons (Fsp3) is 0.562. The Bertz CT molecular complexity index is 454. The van der Waals surface area contributed by atoms with Crippen molar-refractivity contribution in [3.63, 3.8) is 0 Å². The number of hydrogen-bond donors (Lipinski definition) is 1. The molecule has 1 aromatic rings. The number of nitrogens with one attached hydrogen (secondary N) is 1. The number of piperidine rings is 1. The van der Waals surface area contributed by atoms with E-state index in [0.29, 0.717) is 0 Å². The minimum atomic E-state index is 0.0353. The molecule has 1 aliphatic heterocycles. The number of nitrogens with zero attached hydrogens (tertiary/aromatic N) is 1. The summed E-state index contributed by atoms with van der Waals surface area (Å²) in [5.74, 6) is 1.57. The lowest BCUT2D eigenvalue weighted by Crippen LogP contribution is -2.42. The monoisotopic (exact) mass is 386 g/mol. The molecule has 1 saturated heterocycles. The fourth-order valence-corrected chi connectivity index (χ4v) is 3.68. The lowest BCUT2D eigenvalue weighted by molar-refractivity contribution is 0.0936. The maximum atomic E-state index is 12.1. The minimum Gasteiger partial charge on any atom is -0.351 e. The summed E-state index contributed by atoms with van der Waals surface area (Å²) in [6.45, 7) is 8.61. The minimum absolute atomic E-state index is 0.0353. The van der Waals surface area contributed by atoms with Gasteiger partial charge in [-0.1, -0.05) is 26.0 Å². The van der Waals surface area contributed by atoms with Crippen LogP contribution in [0.1, 0.15) is 30.6 Å². The normalized spacial score (nSPS) is 23.6. The van der Waals surface area contributed by atoms with Gasteiger partial charge in [0.2, 0.25) is 0 Å². The fourth-order valence-electron chi connectivity index (χ4n) is 3.04. The molecule has 1 aliphatic rings. The molecule has 1 aromatic carbocycles. The molecule has 110 valence electrons. The highest BCUT2D eigenvalue weighted by Crippen LogP contribution is 2.20. The Kier molecular flexibility index (Phi) is 5.84. The van der Waals surface area contributed by atoms with Crippen LogP contribution in [0, 0.1) is 15.4 Å². The smallest absolute Gasteiger partial charge is 0.252 e. The number of likely N-dealkylation sites (tertiary alicyclic amines) is 1. The molecule has 0 bridgehead atoms. The predicted molar refractivity (Wildman–Crippen MR) is 90.9 cm³/mol. The van der Waals surface area contributed by atoms with Gasteiger partial charge in [-0.05, 0) is 53.0 Å². The number of carbonyl (C=O) groups is 1. The molecule has 2 rings (SSSR count).